The second-order valence-electron chi connectivity index (χ2n) is 5.46. The number of aliphatic hydroxyl groups is 1. The van der Waals surface area contributed by atoms with E-state index in [-0.39, 0.29) is 18.4 Å². The van der Waals surface area contributed by atoms with Crippen LogP contribution in [0.4, 0.5) is 5.69 Å². The van der Waals surface area contributed by atoms with Crippen molar-refractivity contribution >= 4 is 17.9 Å². The Balaban J connectivity index is 2.13. The third kappa shape index (κ3) is 3.61. The smallest absolute Gasteiger partial charge is 0.227 e. The molecular weight excluding hydrogens is 268 g/mol. The lowest BCUT2D eigenvalue weighted by molar-refractivity contribution is -0.122. The van der Waals surface area contributed by atoms with Crippen LogP contribution in [-0.2, 0) is 9.59 Å². The summed E-state index contributed by atoms with van der Waals surface area (Å²) in [5.74, 6) is -0.0145. The first-order chi connectivity index (χ1) is 10.2. The summed E-state index contributed by atoms with van der Waals surface area (Å²) in [6, 6.07) is 7.89. The lowest BCUT2D eigenvalue weighted by Crippen LogP contribution is -2.48. The van der Waals surface area contributed by atoms with Crippen molar-refractivity contribution in [3.8, 4) is 0 Å². The molecule has 1 saturated heterocycles. The zero-order chi connectivity index (χ0) is 15.2. The van der Waals surface area contributed by atoms with Crippen molar-refractivity contribution in [1.29, 1.82) is 0 Å². The Labute approximate surface area is 125 Å². The van der Waals surface area contributed by atoms with Crippen molar-refractivity contribution in [1.82, 2.24) is 5.32 Å². The van der Waals surface area contributed by atoms with Gasteiger partial charge in [0.05, 0.1) is 5.92 Å². The van der Waals surface area contributed by atoms with Gasteiger partial charge in [0.25, 0.3) is 0 Å². The molecule has 0 saturated carbocycles. The minimum Gasteiger partial charge on any atom is -0.396 e. The number of carbonyl (C=O) groups excluding carboxylic acids is 2. The van der Waals surface area contributed by atoms with Crippen molar-refractivity contribution in [2.45, 2.75) is 18.8 Å². The first kappa shape index (κ1) is 15.5. The lowest BCUT2D eigenvalue weighted by Gasteiger charge is -2.40. The molecule has 21 heavy (non-hydrogen) atoms. The Morgan fingerprint density at radius 2 is 2.29 bits per heavy atom. The van der Waals surface area contributed by atoms with Crippen molar-refractivity contribution < 1.29 is 14.7 Å². The van der Waals surface area contributed by atoms with Crippen LogP contribution in [0.1, 0.15) is 24.3 Å². The normalized spacial score (nSPS) is 16.2. The van der Waals surface area contributed by atoms with E-state index in [2.05, 4.69) is 10.2 Å². The zero-order valence-electron chi connectivity index (χ0n) is 12.3. The highest BCUT2D eigenvalue weighted by Gasteiger charge is 2.27. The standard InChI is InChI=1S/C16H22N2O3/c1-17-16(21)15(6-3-7-19)13-4-2-5-14(8-13)18-9-12(10-18)11-20/h2,4-5,7-8,12,15,20H,3,6,9-11H2,1H3,(H,17,21). The average molecular weight is 290 g/mol. The molecule has 2 rings (SSSR count). The van der Waals surface area contributed by atoms with E-state index in [4.69, 9.17) is 5.11 Å². The Morgan fingerprint density at radius 1 is 1.52 bits per heavy atom. The van der Waals surface area contributed by atoms with Crippen molar-refractivity contribution in [2.75, 3.05) is 31.6 Å². The van der Waals surface area contributed by atoms with E-state index >= 15 is 0 Å². The van der Waals surface area contributed by atoms with E-state index in [1.54, 1.807) is 7.05 Å². The SMILES string of the molecule is CNC(=O)C(CCC=O)c1cccc(N2CC(CO)C2)c1. The lowest BCUT2D eigenvalue weighted by atomic mass is 9.92. The maximum atomic E-state index is 12.0. The van der Waals surface area contributed by atoms with Crippen molar-refractivity contribution in [3.63, 3.8) is 0 Å². The molecule has 2 N–H and O–H groups in total. The van der Waals surface area contributed by atoms with Crippen molar-refractivity contribution in [2.24, 2.45) is 5.92 Å². The third-order valence-corrected chi connectivity index (χ3v) is 3.99. The maximum absolute atomic E-state index is 12.0. The van der Waals surface area contributed by atoms with Gasteiger partial charge in [-0.1, -0.05) is 12.1 Å². The molecule has 1 heterocycles. The molecular formula is C16H22N2O3. The summed E-state index contributed by atoms with van der Waals surface area (Å²) in [6.07, 6.45) is 1.74. The molecule has 5 nitrogen and oxygen atoms in total. The second kappa shape index (κ2) is 7.22. The van der Waals surface area contributed by atoms with Crippen LogP contribution >= 0.6 is 0 Å². The van der Waals surface area contributed by atoms with Crippen LogP contribution < -0.4 is 10.2 Å². The van der Waals surface area contributed by atoms with Crippen LogP contribution in [0.3, 0.4) is 0 Å². The van der Waals surface area contributed by atoms with Gasteiger partial charge in [-0.15, -0.1) is 0 Å². The van der Waals surface area contributed by atoms with E-state index in [1.165, 1.54) is 0 Å². The van der Waals surface area contributed by atoms with Gasteiger partial charge in [-0.05, 0) is 24.1 Å². The van der Waals surface area contributed by atoms with Gasteiger partial charge in [-0.25, -0.2) is 0 Å². The number of amides is 1. The van der Waals surface area contributed by atoms with Gasteiger partial charge in [-0.3, -0.25) is 4.79 Å². The number of likely N-dealkylation sites (N-methyl/N-ethyl adjacent to an activating group) is 1. The molecule has 0 spiro atoms. The van der Waals surface area contributed by atoms with E-state index in [1.807, 2.05) is 24.3 Å². The molecule has 5 heteroatoms. The highest BCUT2D eigenvalue weighted by atomic mass is 16.3. The highest BCUT2D eigenvalue weighted by molar-refractivity contribution is 5.84. The summed E-state index contributed by atoms with van der Waals surface area (Å²) in [5.41, 5.74) is 2.00. The third-order valence-electron chi connectivity index (χ3n) is 3.99. The Bertz CT molecular complexity index is 498. The predicted molar refractivity (Wildman–Crippen MR) is 81.3 cm³/mol. The summed E-state index contributed by atoms with van der Waals surface area (Å²) in [5, 5.41) is 11.7. The molecule has 1 aliphatic rings. The Morgan fingerprint density at radius 3 is 2.90 bits per heavy atom. The highest BCUT2D eigenvalue weighted by Crippen LogP contribution is 2.29. The predicted octanol–water partition coefficient (Wildman–Crippen LogP) is 0.924. The van der Waals surface area contributed by atoms with Crippen molar-refractivity contribution in [3.05, 3.63) is 29.8 Å². The van der Waals surface area contributed by atoms with Gasteiger partial charge >= 0.3 is 0 Å². The molecule has 1 atom stereocenters. The minimum absolute atomic E-state index is 0.0640. The van der Waals surface area contributed by atoms with Crippen LogP contribution in [0.2, 0.25) is 0 Å². The van der Waals surface area contributed by atoms with E-state index in [9.17, 15) is 9.59 Å². The topological polar surface area (TPSA) is 69.6 Å². The van der Waals surface area contributed by atoms with Crippen LogP contribution in [0.5, 0.6) is 0 Å². The molecule has 1 amide bonds. The number of aldehydes is 1. The van der Waals surface area contributed by atoms with Crippen LogP contribution in [0, 0.1) is 5.92 Å². The molecule has 1 aromatic carbocycles. The molecule has 1 aromatic rings. The Kier molecular flexibility index (Phi) is 5.33. The summed E-state index contributed by atoms with van der Waals surface area (Å²) in [6.45, 7) is 1.91. The average Bonchev–Trinajstić information content (AvgIpc) is 2.47. The van der Waals surface area contributed by atoms with Gasteiger partial charge in [0.15, 0.2) is 0 Å². The molecule has 1 unspecified atom stereocenters. The number of rotatable bonds is 7. The van der Waals surface area contributed by atoms with Gasteiger partial charge in [-0.2, -0.15) is 0 Å². The molecule has 0 aliphatic carbocycles. The number of carbonyl (C=O) groups is 2. The molecule has 0 radical (unpaired) electrons. The molecule has 0 aromatic heterocycles. The number of hydrogen-bond acceptors (Lipinski definition) is 4. The van der Waals surface area contributed by atoms with E-state index in [0.29, 0.717) is 18.8 Å². The van der Waals surface area contributed by atoms with Gasteiger partial charge in [0, 0.05) is 44.8 Å². The monoisotopic (exact) mass is 290 g/mol. The van der Waals surface area contributed by atoms with E-state index in [0.717, 1.165) is 30.6 Å². The first-order valence-electron chi connectivity index (χ1n) is 7.30. The largest absolute Gasteiger partial charge is 0.396 e. The summed E-state index contributed by atoms with van der Waals surface area (Å²) < 4.78 is 0. The second-order valence-corrected chi connectivity index (χ2v) is 5.46. The maximum Gasteiger partial charge on any atom is 0.227 e. The zero-order valence-corrected chi connectivity index (χ0v) is 12.3. The van der Waals surface area contributed by atoms with Gasteiger partial charge in [0.2, 0.25) is 5.91 Å². The van der Waals surface area contributed by atoms with Crippen LogP contribution in [-0.4, -0.2) is 44.0 Å². The summed E-state index contributed by atoms with van der Waals surface area (Å²) in [7, 11) is 1.61. The van der Waals surface area contributed by atoms with Gasteiger partial charge < -0.3 is 20.1 Å². The number of benzene rings is 1. The van der Waals surface area contributed by atoms with E-state index < -0.39 is 0 Å². The Hall–Kier alpha value is -1.88. The molecule has 1 fully saturated rings. The molecule has 114 valence electrons. The fourth-order valence-corrected chi connectivity index (χ4v) is 2.69. The number of aliphatic hydroxyl groups excluding tert-OH is 1. The summed E-state index contributed by atoms with van der Waals surface area (Å²) >= 11 is 0. The number of nitrogens with one attached hydrogen (secondary N) is 1. The molecule has 0 bridgehead atoms. The van der Waals surface area contributed by atoms with Crippen LogP contribution in [0.25, 0.3) is 0 Å². The van der Waals surface area contributed by atoms with Gasteiger partial charge in [0.1, 0.15) is 6.29 Å². The first-order valence-corrected chi connectivity index (χ1v) is 7.30. The molecule has 1 aliphatic heterocycles. The fraction of sp³-hybridized carbons (Fsp3) is 0.500. The minimum atomic E-state index is -0.296. The summed E-state index contributed by atoms with van der Waals surface area (Å²) in [4.78, 5) is 24.8. The number of anilines is 1. The number of hydrogen-bond donors (Lipinski definition) is 2. The quantitative estimate of drug-likeness (QED) is 0.733. The van der Waals surface area contributed by atoms with Crippen LogP contribution in [0.15, 0.2) is 24.3 Å². The fourth-order valence-electron chi connectivity index (χ4n) is 2.69. The number of nitrogens with zero attached hydrogens (tertiary/aromatic N) is 1.